The molecule has 0 unspecified atom stereocenters. The van der Waals surface area contributed by atoms with Crippen LogP contribution in [0.25, 0.3) is 71.6 Å². The Hall–Kier alpha value is -5.29. The third-order valence-corrected chi connectivity index (χ3v) is 9.17. The number of nitrogens with zero attached hydrogens (tertiary/aromatic N) is 1. The second-order valence-corrected chi connectivity index (χ2v) is 11.5. The van der Waals surface area contributed by atoms with Crippen LogP contribution in [-0.4, -0.2) is 43.3 Å². The van der Waals surface area contributed by atoms with Crippen LogP contribution in [0.1, 0.15) is 0 Å². The second-order valence-electron chi connectivity index (χ2n) is 11.5. The van der Waals surface area contributed by atoms with E-state index in [1.165, 1.54) is 21.5 Å². The van der Waals surface area contributed by atoms with Crippen LogP contribution >= 0.6 is 0 Å². The largest absolute Gasteiger partial charge is 0.509 e. The molecule has 0 bridgehead atoms. The number of phenols is 2. The first kappa shape index (κ1) is 25.4. The Morgan fingerprint density at radius 1 is 0.558 bits per heavy atom. The molecule has 43 heavy (non-hydrogen) atoms. The number of hydrogen-bond donors (Lipinski definition) is 3. The van der Waals surface area contributed by atoms with E-state index in [9.17, 15) is 10.2 Å². The summed E-state index contributed by atoms with van der Waals surface area (Å²) in [6.45, 7) is 0. The summed E-state index contributed by atoms with van der Waals surface area (Å²) in [6.07, 6.45) is 0. The predicted octanol–water partition coefficient (Wildman–Crippen LogP) is 3.94. The van der Waals surface area contributed by atoms with Crippen LogP contribution < -0.4 is 16.4 Å². The van der Waals surface area contributed by atoms with Gasteiger partial charge in [-0.3, -0.25) is 0 Å². The number of rotatable bonds is 3. The van der Waals surface area contributed by atoms with Crippen molar-refractivity contribution in [3.63, 3.8) is 0 Å². The van der Waals surface area contributed by atoms with E-state index in [4.69, 9.17) is 0 Å². The zero-order chi connectivity index (χ0) is 29.4. The van der Waals surface area contributed by atoms with E-state index >= 15 is 0 Å². The maximum Gasteiger partial charge on any atom is 0.149 e. The van der Waals surface area contributed by atoms with E-state index in [0.717, 1.165) is 60.9 Å². The summed E-state index contributed by atoms with van der Waals surface area (Å²) in [7, 11) is 5.65. The summed E-state index contributed by atoms with van der Waals surface area (Å²) in [5.41, 5.74) is 11.3. The highest BCUT2D eigenvalue weighted by atomic mass is 16.3. The lowest BCUT2D eigenvalue weighted by Crippen LogP contribution is -2.33. The van der Waals surface area contributed by atoms with Gasteiger partial charge in [0.2, 0.25) is 0 Å². The highest BCUT2D eigenvalue weighted by molar-refractivity contribution is 6.55. The first-order valence-corrected chi connectivity index (χ1v) is 14.6. The molecule has 6 aromatic carbocycles. The molecule has 202 valence electrons. The Labute approximate surface area is 251 Å². The molecule has 0 aliphatic carbocycles. The van der Waals surface area contributed by atoms with Crippen molar-refractivity contribution in [3.8, 4) is 39.4 Å². The van der Waals surface area contributed by atoms with E-state index in [1.807, 2.05) is 33.9 Å². The third kappa shape index (κ3) is 3.61. The Bertz CT molecular complexity index is 2380. The van der Waals surface area contributed by atoms with Crippen LogP contribution in [0.5, 0.6) is 11.5 Å². The van der Waals surface area contributed by atoms with Crippen molar-refractivity contribution in [3.05, 3.63) is 109 Å². The molecule has 0 saturated heterocycles. The average Bonchev–Trinajstić information content (AvgIpc) is 3.59. The van der Waals surface area contributed by atoms with Crippen LogP contribution in [0.15, 0.2) is 109 Å². The quantitative estimate of drug-likeness (QED) is 0.291. The van der Waals surface area contributed by atoms with Crippen LogP contribution in [0, 0.1) is 0 Å². The monoisotopic (exact) mass is 552 g/mol. The van der Waals surface area contributed by atoms with E-state index in [1.54, 1.807) is 7.85 Å². The molecule has 2 aromatic heterocycles. The topological polar surface area (TPSA) is 61.2 Å². The fourth-order valence-electron chi connectivity index (χ4n) is 6.84. The summed E-state index contributed by atoms with van der Waals surface area (Å²) in [6, 6.07) is 38.2. The number of hydrogen-bond acceptors (Lipinski definition) is 2. The Morgan fingerprint density at radius 2 is 1.26 bits per heavy atom. The predicted molar refractivity (Wildman–Crippen MR) is 189 cm³/mol. The smallest absolute Gasteiger partial charge is 0.149 e. The van der Waals surface area contributed by atoms with Crippen molar-refractivity contribution < 1.29 is 10.2 Å². The number of H-pyrrole nitrogens is 1. The van der Waals surface area contributed by atoms with E-state index < -0.39 is 0 Å². The van der Waals surface area contributed by atoms with Crippen LogP contribution in [0.2, 0.25) is 0 Å². The molecule has 7 heteroatoms. The van der Waals surface area contributed by atoms with Crippen LogP contribution in [0.3, 0.4) is 0 Å². The summed E-state index contributed by atoms with van der Waals surface area (Å²) in [5, 5.41) is 27.0. The lowest BCUT2D eigenvalue weighted by Gasteiger charge is -2.21. The molecule has 8 aromatic rings. The normalized spacial score (nSPS) is 11.7. The fraction of sp³-hybridized carbons (Fsp3) is 0. The molecule has 0 aliphatic rings. The first-order chi connectivity index (χ1) is 20.9. The lowest BCUT2D eigenvalue weighted by molar-refractivity contribution is 0.463. The summed E-state index contributed by atoms with van der Waals surface area (Å²) in [4.78, 5) is 3.73. The highest BCUT2D eigenvalue weighted by Crippen LogP contribution is 2.41. The number of aromatic amines is 1. The lowest BCUT2D eigenvalue weighted by atomic mass is 9.70. The number of phenolic OH excluding ortho intramolecular Hbond substituents is 2. The number of aromatic hydroxyl groups is 2. The number of aromatic nitrogens is 2. The van der Waals surface area contributed by atoms with Crippen molar-refractivity contribution in [2.75, 3.05) is 0 Å². The highest BCUT2D eigenvalue weighted by Gasteiger charge is 2.22. The van der Waals surface area contributed by atoms with Crippen LogP contribution in [0.4, 0.5) is 0 Å². The first-order valence-electron chi connectivity index (χ1n) is 14.6. The Morgan fingerprint density at radius 3 is 2.07 bits per heavy atom. The van der Waals surface area contributed by atoms with Crippen molar-refractivity contribution in [1.29, 1.82) is 0 Å². The van der Waals surface area contributed by atoms with E-state index in [-0.39, 0.29) is 11.5 Å². The zero-order valence-electron chi connectivity index (χ0n) is 24.2. The summed E-state index contributed by atoms with van der Waals surface area (Å²) >= 11 is 0. The molecule has 8 rings (SSSR count). The molecule has 2 heterocycles. The van der Waals surface area contributed by atoms with Gasteiger partial charge >= 0.3 is 0 Å². The minimum Gasteiger partial charge on any atom is -0.509 e. The van der Waals surface area contributed by atoms with Gasteiger partial charge in [-0.1, -0.05) is 95.9 Å². The minimum absolute atomic E-state index is 0.107. The molecule has 0 atom stereocenters. The van der Waals surface area contributed by atoms with Gasteiger partial charge in [0.15, 0.2) is 0 Å². The summed E-state index contributed by atoms with van der Waals surface area (Å²) in [5.74, 6) is 0.245. The molecule has 3 N–H and O–H groups in total. The fourth-order valence-corrected chi connectivity index (χ4v) is 6.84. The average molecular weight is 552 g/mol. The molecular weight excluding hydrogens is 525 g/mol. The minimum atomic E-state index is 0.107. The standard InChI is InChI=1S/C36H27B3N2O2/c37-30-29(35(42)32(39)36(43)31(30)38)26-18-20(14-15-21(26)19-8-2-1-3-9-19)41-28-13-7-5-11-23(28)25-17-16-24-22-10-4-6-12-27(22)40-33(24)34(25)41/h1-18,40,42-43H,37-39H2. The third-order valence-electron chi connectivity index (χ3n) is 9.17. The zero-order valence-corrected chi connectivity index (χ0v) is 24.2. The maximum atomic E-state index is 11.5. The molecular formula is C36H27B3N2O2. The van der Waals surface area contributed by atoms with Gasteiger partial charge in [0.05, 0.1) is 16.6 Å². The molecule has 0 amide bonds. The number of nitrogens with one attached hydrogen (secondary N) is 1. The number of benzene rings is 6. The van der Waals surface area contributed by atoms with Gasteiger partial charge in [0, 0.05) is 38.3 Å². The van der Waals surface area contributed by atoms with Crippen molar-refractivity contribution in [2.24, 2.45) is 0 Å². The number of fused-ring (bicyclic) bond motifs is 7. The van der Waals surface area contributed by atoms with E-state index in [2.05, 4.69) is 101 Å². The molecule has 0 aliphatic heterocycles. The SMILES string of the molecule is Bc1c(B)c(-c2cc(-n3c4ccccc4c4ccc5c6ccccc6[nH]c5c43)ccc2-c2ccccc2)c(O)c(B)c1O. The van der Waals surface area contributed by atoms with Gasteiger partial charge in [-0.2, -0.15) is 0 Å². The molecule has 0 spiro atoms. The van der Waals surface area contributed by atoms with Gasteiger partial charge in [-0.15, -0.1) is 0 Å². The summed E-state index contributed by atoms with van der Waals surface area (Å²) < 4.78 is 2.34. The molecule has 0 radical (unpaired) electrons. The van der Waals surface area contributed by atoms with Crippen molar-refractivity contribution >= 4 is 83.5 Å². The van der Waals surface area contributed by atoms with Crippen molar-refractivity contribution in [2.45, 2.75) is 0 Å². The van der Waals surface area contributed by atoms with Gasteiger partial charge in [0.25, 0.3) is 0 Å². The van der Waals surface area contributed by atoms with E-state index in [0.29, 0.717) is 5.46 Å². The Kier molecular flexibility index (Phi) is 5.54. The molecule has 0 fully saturated rings. The van der Waals surface area contributed by atoms with Gasteiger partial charge < -0.3 is 19.8 Å². The second kappa shape index (κ2) is 9.37. The number of para-hydroxylation sites is 2. The van der Waals surface area contributed by atoms with Crippen molar-refractivity contribution in [1.82, 2.24) is 9.55 Å². The Balaban J connectivity index is 1.52. The molecule has 0 saturated carbocycles. The van der Waals surface area contributed by atoms with Gasteiger partial charge in [0.1, 0.15) is 35.0 Å². The van der Waals surface area contributed by atoms with Crippen LogP contribution in [-0.2, 0) is 0 Å². The molecule has 4 nitrogen and oxygen atoms in total. The maximum absolute atomic E-state index is 11.5. The van der Waals surface area contributed by atoms with Gasteiger partial charge in [-0.25, -0.2) is 0 Å². The van der Waals surface area contributed by atoms with Gasteiger partial charge in [-0.05, 0) is 46.4 Å².